The molecule has 0 bridgehead atoms. The van der Waals surface area contributed by atoms with Gasteiger partial charge in [0.05, 0.1) is 5.60 Å². The largest absolute Gasteiger partial charge is 0.454 e. The van der Waals surface area contributed by atoms with E-state index in [0.717, 1.165) is 11.3 Å². The fourth-order valence-corrected chi connectivity index (χ4v) is 2.94. The molecule has 2 aliphatic rings. The van der Waals surface area contributed by atoms with Gasteiger partial charge in [0.15, 0.2) is 11.5 Å². The van der Waals surface area contributed by atoms with Crippen LogP contribution in [0.5, 0.6) is 11.5 Å². The van der Waals surface area contributed by atoms with E-state index in [2.05, 4.69) is 0 Å². The Morgan fingerprint density at radius 2 is 1.90 bits per heavy atom. The Morgan fingerprint density at radius 1 is 1.24 bits per heavy atom. The number of likely N-dealkylation sites (tertiary alicyclic amines) is 1. The van der Waals surface area contributed by atoms with Gasteiger partial charge in [0.1, 0.15) is 0 Å². The van der Waals surface area contributed by atoms with E-state index in [-0.39, 0.29) is 18.6 Å². The molecular formula is C16H21NO4. The summed E-state index contributed by atoms with van der Waals surface area (Å²) >= 11 is 0. The van der Waals surface area contributed by atoms with Gasteiger partial charge >= 0.3 is 0 Å². The number of amides is 1. The average molecular weight is 291 g/mol. The molecule has 5 heteroatoms. The van der Waals surface area contributed by atoms with Crippen LogP contribution in [0.2, 0.25) is 0 Å². The van der Waals surface area contributed by atoms with E-state index in [0.29, 0.717) is 31.7 Å². The fraction of sp³-hybridized carbons (Fsp3) is 0.562. The molecule has 0 spiro atoms. The number of hydrogen-bond acceptors (Lipinski definition) is 4. The van der Waals surface area contributed by atoms with Crippen LogP contribution in [0.25, 0.3) is 0 Å². The van der Waals surface area contributed by atoms with Crippen LogP contribution < -0.4 is 9.47 Å². The number of benzene rings is 1. The van der Waals surface area contributed by atoms with Gasteiger partial charge in [0.2, 0.25) is 12.7 Å². The first-order chi connectivity index (χ1) is 9.99. The molecule has 0 aliphatic carbocycles. The molecule has 114 valence electrons. The maximum absolute atomic E-state index is 12.0. The number of carbonyl (C=O) groups excluding carboxylic acids is 1. The molecule has 2 aliphatic heterocycles. The lowest BCUT2D eigenvalue weighted by Crippen LogP contribution is -2.46. The first-order valence-corrected chi connectivity index (χ1v) is 7.41. The molecule has 3 rings (SSSR count). The van der Waals surface area contributed by atoms with E-state index >= 15 is 0 Å². The first-order valence-electron chi connectivity index (χ1n) is 7.41. The standard InChI is InChI=1S/C16H21NO4/c1-11(2)15(18)17-7-5-16(19,6-8-17)12-3-4-13-14(9-12)21-10-20-13/h3-4,9,11,19H,5-8,10H2,1-2H3. The molecule has 2 heterocycles. The second kappa shape index (κ2) is 5.22. The summed E-state index contributed by atoms with van der Waals surface area (Å²) < 4.78 is 10.7. The third-order valence-electron chi connectivity index (χ3n) is 4.31. The number of nitrogens with zero attached hydrogens (tertiary/aromatic N) is 1. The van der Waals surface area contributed by atoms with Crippen molar-refractivity contribution in [1.82, 2.24) is 4.90 Å². The molecule has 5 nitrogen and oxygen atoms in total. The van der Waals surface area contributed by atoms with Crippen molar-refractivity contribution in [2.45, 2.75) is 32.3 Å². The van der Waals surface area contributed by atoms with Crippen molar-refractivity contribution in [3.8, 4) is 11.5 Å². The van der Waals surface area contributed by atoms with Gasteiger partial charge in [-0.1, -0.05) is 19.9 Å². The highest BCUT2D eigenvalue weighted by molar-refractivity contribution is 5.78. The highest BCUT2D eigenvalue weighted by Gasteiger charge is 2.36. The Labute approximate surface area is 124 Å². The molecule has 1 aromatic rings. The maximum Gasteiger partial charge on any atom is 0.231 e. The minimum absolute atomic E-state index is 0.00161. The van der Waals surface area contributed by atoms with Crippen molar-refractivity contribution >= 4 is 5.91 Å². The predicted molar refractivity (Wildman–Crippen MR) is 77.1 cm³/mol. The van der Waals surface area contributed by atoms with E-state index in [1.165, 1.54) is 0 Å². The molecule has 0 atom stereocenters. The molecule has 0 radical (unpaired) electrons. The SMILES string of the molecule is CC(C)C(=O)N1CCC(O)(c2ccc3c(c2)OCO3)CC1. The molecule has 21 heavy (non-hydrogen) atoms. The summed E-state index contributed by atoms with van der Waals surface area (Å²) in [7, 11) is 0. The highest BCUT2D eigenvalue weighted by Crippen LogP contribution is 2.39. The van der Waals surface area contributed by atoms with Crippen LogP contribution in [0, 0.1) is 5.92 Å². The summed E-state index contributed by atoms with van der Waals surface area (Å²) in [6.45, 7) is 5.21. The number of ether oxygens (including phenoxy) is 2. The van der Waals surface area contributed by atoms with Crippen molar-refractivity contribution in [1.29, 1.82) is 0 Å². The Balaban J connectivity index is 1.73. The summed E-state index contributed by atoms with van der Waals surface area (Å²) in [6.07, 6.45) is 1.09. The van der Waals surface area contributed by atoms with Gasteiger partial charge in [-0.3, -0.25) is 4.79 Å². The predicted octanol–water partition coefficient (Wildman–Crippen LogP) is 1.88. The van der Waals surface area contributed by atoms with Crippen LogP contribution in [0.15, 0.2) is 18.2 Å². The fourth-order valence-electron chi connectivity index (χ4n) is 2.94. The highest BCUT2D eigenvalue weighted by atomic mass is 16.7. The number of carbonyl (C=O) groups is 1. The molecule has 1 saturated heterocycles. The zero-order chi connectivity index (χ0) is 15.0. The maximum atomic E-state index is 12.0. The van der Waals surface area contributed by atoms with Gasteiger partial charge in [-0.2, -0.15) is 0 Å². The van der Waals surface area contributed by atoms with Crippen LogP contribution in [-0.2, 0) is 10.4 Å². The number of hydrogen-bond donors (Lipinski definition) is 1. The van der Waals surface area contributed by atoms with Gasteiger partial charge in [0.25, 0.3) is 0 Å². The lowest BCUT2D eigenvalue weighted by Gasteiger charge is -2.39. The van der Waals surface area contributed by atoms with Crippen molar-refractivity contribution in [3.63, 3.8) is 0 Å². The summed E-state index contributed by atoms with van der Waals surface area (Å²) in [5, 5.41) is 10.9. The monoisotopic (exact) mass is 291 g/mol. The van der Waals surface area contributed by atoms with E-state index < -0.39 is 5.60 Å². The van der Waals surface area contributed by atoms with Crippen molar-refractivity contribution < 1.29 is 19.4 Å². The first kappa shape index (κ1) is 14.2. The summed E-state index contributed by atoms with van der Waals surface area (Å²) in [5.41, 5.74) is -0.0576. The molecule has 1 amide bonds. The second-order valence-corrected chi connectivity index (χ2v) is 6.08. The van der Waals surface area contributed by atoms with Crippen LogP contribution in [0.4, 0.5) is 0 Å². The van der Waals surface area contributed by atoms with Gasteiger partial charge < -0.3 is 19.5 Å². The summed E-state index contributed by atoms with van der Waals surface area (Å²) in [5.74, 6) is 1.56. The quantitative estimate of drug-likeness (QED) is 0.904. The molecule has 0 aromatic heterocycles. The van der Waals surface area contributed by atoms with E-state index in [4.69, 9.17) is 9.47 Å². The number of aliphatic hydroxyl groups is 1. The molecule has 1 aromatic carbocycles. The third kappa shape index (κ3) is 2.58. The zero-order valence-electron chi connectivity index (χ0n) is 12.5. The Bertz CT molecular complexity index is 547. The Hall–Kier alpha value is -1.75. The minimum atomic E-state index is -0.894. The Morgan fingerprint density at radius 3 is 2.57 bits per heavy atom. The minimum Gasteiger partial charge on any atom is -0.454 e. The number of piperidine rings is 1. The zero-order valence-corrected chi connectivity index (χ0v) is 12.5. The number of rotatable bonds is 2. The van der Waals surface area contributed by atoms with E-state index in [1.807, 2.05) is 36.9 Å². The van der Waals surface area contributed by atoms with Crippen LogP contribution in [0.3, 0.4) is 0 Å². The smallest absolute Gasteiger partial charge is 0.231 e. The van der Waals surface area contributed by atoms with Gasteiger partial charge in [-0.25, -0.2) is 0 Å². The van der Waals surface area contributed by atoms with Crippen molar-refractivity contribution in [2.24, 2.45) is 5.92 Å². The summed E-state index contributed by atoms with van der Waals surface area (Å²) in [6, 6.07) is 5.57. The van der Waals surface area contributed by atoms with E-state index in [1.54, 1.807) is 0 Å². The van der Waals surface area contributed by atoms with Crippen molar-refractivity contribution in [3.05, 3.63) is 23.8 Å². The van der Waals surface area contributed by atoms with Crippen LogP contribution in [-0.4, -0.2) is 35.8 Å². The molecule has 0 unspecified atom stereocenters. The summed E-state index contributed by atoms with van der Waals surface area (Å²) in [4.78, 5) is 13.8. The van der Waals surface area contributed by atoms with Crippen molar-refractivity contribution in [2.75, 3.05) is 19.9 Å². The lowest BCUT2D eigenvalue weighted by atomic mass is 9.84. The normalized spacial score (nSPS) is 19.9. The molecular weight excluding hydrogens is 270 g/mol. The van der Waals surface area contributed by atoms with Gasteiger partial charge in [-0.15, -0.1) is 0 Å². The molecule has 1 N–H and O–H groups in total. The third-order valence-corrected chi connectivity index (χ3v) is 4.31. The number of fused-ring (bicyclic) bond motifs is 1. The average Bonchev–Trinajstić information content (AvgIpc) is 2.94. The van der Waals surface area contributed by atoms with Crippen LogP contribution in [0.1, 0.15) is 32.3 Å². The van der Waals surface area contributed by atoms with Gasteiger partial charge in [-0.05, 0) is 30.5 Å². The molecule has 1 fully saturated rings. The van der Waals surface area contributed by atoms with Gasteiger partial charge in [0, 0.05) is 19.0 Å². The topological polar surface area (TPSA) is 59.0 Å². The van der Waals surface area contributed by atoms with E-state index in [9.17, 15) is 9.90 Å². The van der Waals surface area contributed by atoms with Crippen LogP contribution >= 0.6 is 0 Å². The lowest BCUT2D eigenvalue weighted by molar-refractivity contribution is -0.139. The second-order valence-electron chi connectivity index (χ2n) is 6.08. The Kier molecular flexibility index (Phi) is 3.53. The molecule has 0 saturated carbocycles.